The predicted octanol–water partition coefficient (Wildman–Crippen LogP) is 2.72. The maximum Gasteiger partial charge on any atom is 0.364 e. The van der Waals surface area contributed by atoms with Crippen molar-refractivity contribution in [3.63, 3.8) is 0 Å². The smallest absolute Gasteiger partial charge is 0.364 e. The van der Waals surface area contributed by atoms with Gasteiger partial charge in [-0.2, -0.15) is 0 Å². The Bertz CT molecular complexity index is 753. The van der Waals surface area contributed by atoms with Crippen LogP contribution in [0.4, 0.5) is 0 Å². The highest BCUT2D eigenvalue weighted by atomic mass is 16.4. The van der Waals surface area contributed by atoms with Crippen LogP contribution in [0.15, 0.2) is 39.8 Å². The third-order valence-electron chi connectivity index (χ3n) is 2.89. The molecule has 0 aliphatic rings. The maximum absolute atomic E-state index is 11.8. The van der Waals surface area contributed by atoms with Crippen LogP contribution in [-0.4, -0.2) is 9.55 Å². The van der Waals surface area contributed by atoms with Gasteiger partial charge in [0.1, 0.15) is 5.58 Å². The van der Waals surface area contributed by atoms with E-state index in [4.69, 9.17) is 4.42 Å². The third kappa shape index (κ3) is 1.37. The zero-order valence-corrected chi connectivity index (χ0v) is 9.68. The van der Waals surface area contributed by atoms with Gasteiger partial charge >= 0.3 is 5.63 Å². The molecule has 3 aromatic rings. The van der Waals surface area contributed by atoms with Crippen LogP contribution in [0.3, 0.4) is 0 Å². The van der Waals surface area contributed by atoms with E-state index in [9.17, 15) is 4.79 Å². The van der Waals surface area contributed by atoms with Crippen molar-refractivity contribution in [2.24, 2.45) is 0 Å². The van der Waals surface area contributed by atoms with Crippen molar-refractivity contribution in [2.75, 3.05) is 0 Å². The molecule has 0 amide bonds. The van der Waals surface area contributed by atoms with Crippen molar-refractivity contribution in [2.45, 2.75) is 19.9 Å². The first-order valence-corrected chi connectivity index (χ1v) is 5.57. The molecule has 4 heteroatoms. The average Bonchev–Trinajstić information content (AvgIpc) is 2.74. The van der Waals surface area contributed by atoms with E-state index >= 15 is 0 Å². The molecule has 0 fully saturated rings. The average molecular weight is 228 g/mol. The van der Waals surface area contributed by atoms with E-state index in [1.165, 1.54) is 0 Å². The second-order valence-electron chi connectivity index (χ2n) is 4.33. The second-order valence-corrected chi connectivity index (χ2v) is 4.33. The summed E-state index contributed by atoms with van der Waals surface area (Å²) in [7, 11) is 0. The fraction of sp³-hybridized carbons (Fsp3) is 0.231. The monoisotopic (exact) mass is 228 g/mol. The van der Waals surface area contributed by atoms with Crippen LogP contribution < -0.4 is 5.63 Å². The summed E-state index contributed by atoms with van der Waals surface area (Å²) in [5, 5.41) is 0.924. The Hall–Kier alpha value is -2.10. The van der Waals surface area contributed by atoms with Crippen LogP contribution in [0, 0.1) is 0 Å². The summed E-state index contributed by atoms with van der Waals surface area (Å²) >= 11 is 0. The first-order valence-electron chi connectivity index (χ1n) is 5.57. The summed E-state index contributed by atoms with van der Waals surface area (Å²) in [6, 6.07) is 7.78. The van der Waals surface area contributed by atoms with Gasteiger partial charge < -0.3 is 8.98 Å². The van der Waals surface area contributed by atoms with E-state index in [1.807, 2.05) is 22.8 Å². The zero-order valence-electron chi connectivity index (χ0n) is 9.68. The van der Waals surface area contributed by atoms with Gasteiger partial charge in [0.15, 0.2) is 5.52 Å². The molecule has 2 aromatic heterocycles. The Morgan fingerprint density at radius 1 is 1.29 bits per heavy atom. The lowest BCUT2D eigenvalue weighted by Crippen LogP contribution is -2.03. The maximum atomic E-state index is 11.8. The highest BCUT2D eigenvalue weighted by Crippen LogP contribution is 2.24. The molecule has 0 radical (unpaired) electrons. The van der Waals surface area contributed by atoms with Crippen LogP contribution in [0.25, 0.3) is 22.0 Å². The molecule has 1 aromatic carbocycles. The molecule has 0 bridgehead atoms. The van der Waals surface area contributed by atoms with Crippen LogP contribution in [0.2, 0.25) is 0 Å². The topological polar surface area (TPSA) is 48.0 Å². The molecule has 0 N–H and O–H groups in total. The van der Waals surface area contributed by atoms with E-state index in [0.29, 0.717) is 11.1 Å². The number of para-hydroxylation sites is 1. The van der Waals surface area contributed by atoms with Crippen LogP contribution in [0.5, 0.6) is 0 Å². The minimum absolute atomic E-state index is 0.255. The first kappa shape index (κ1) is 10.1. The zero-order chi connectivity index (χ0) is 12.0. The van der Waals surface area contributed by atoms with Gasteiger partial charge in [-0.3, -0.25) is 0 Å². The highest BCUT2D eigenvalue weighted by Gasteiger charge is 2.13. The van der Waals surface area contributed by atoms with Crippen molar-refractivity contribution in [1.29, 1.82) is 0 Å². The summed E-state index contributed by atoms with van der Waals surface area (Å²) in [6.07, 6.45) is 1.69. The fourth-order valence-corrected chi connectivity index (χ4v) is 2.07. The van der Waals surface area contributed by atoms with Gasteiger partial charge in [0.2, 0.25) is 0 Å². The van der Waals surface area contributed by atoms with Gasteiger partial charge in [-0.1, -0.05) is 12.1 Å². The minimum Gasteiger partial charge on any atom is -0.421 e. The third-order valence-corrected chi connectivity index (χ3v) is 2.89. The SMILES string of the molecule is CC(C)n1cnc2c(=O)oc3ccccc3c21. The van der Waals surface area contributed by atoms with E-state index in [-0.39, 0.29) is 11.7 Å². The van der Waals surface area contributed by atoms with Gasteiger partial charge in [-0.25, -0.2) is 9.78 Å². The summed E-state index contributed by atoms with van der Waals surface area (Å²) < 4.78 is 7.23. The number of rotatable bonds is 1. The number of nitrogens with zero attached hydrogens (tertiary/aromatic N) is 2. The summed E-state index contributed by atoms with van der Waals surface area (Å²) in [6.45, 7) is 4.12. The molecule has 86 valence electrons. The van der Waals surface area contributed by atoms with Crippen LogP contribution in [0.1, 0.15) is 19.9 Å². The van der Waals surface area contributed by atoms with Crippen molar-refractivity contribution in [1.82, 2.24) is 9.55 Å². The van der Waals surface area contributed by atoms with Crippen molar-refractivity contribution < 1.29 is 4.42 Å². The quantitative estimate of drug-likeness (QED) is 0.602. The normalized spacial score (nSPS) is 11.7. The first-order chi connectivity index (χ1) is 8.18. The standard InChI is InChI=1S/C13H12N2O2/c1-8(2)15-7-14-11-12(15)9-5-3-4-6-10(9)17-13(11)16/h3-8H,1-2H3. The molecule has 0 atom stereocenters. The van der Waals surface area contributed by atoms with E-state index in [2.05, 4.69) is 18.8 Å². The molecule has 0 aliphatic heterocycles. The Labute approximate surface area is 97.5 Å². The Morgan fingerprint density at radius 3 is 2.82 bits per heavy atom. The van der Waals surface area contributed by atoms with Crippen LogP contribution >= 0.6 is 0 Å². The Balaban J connectivity index is 2.61. The second kappa shape index (κ2) is 3.45. The Morgan fingerprint density at radius 2 is 2.06 bits per heavy atom. The van der Waals surface area contributed by atoms with Crippen LogP contribution in [-0.2, 0) is 0 Å². The minimum atomic E-state index is -0.377. The van der Waals surface area contributed by atoms with Crippen molar-refractivity contribution in [3.8, 4) is 0 Å². The van der Waals surface area contributed by atoms with Gasteiger partial charge in [0, 0.05) is 11.4 Å². The van der Waals surface area contributed by atoms with E-state index < -0.39 is 0 Å². The summed E-state index contributed by atoms with van der Waals surface area (Å²) in [5.74, 6) is 0. The van der Waals surface area contributed by atoms with Gasteiger partial charge in [-0.15, -0.1) is 0 Å². The van der Waals surface area contributed by atoms with Gasteiger partial charge in [0.25, 0.3) is 0 Å². The molecule has 2 heterocycles. The molecular formula is C13H12N2O2. The van der Waals surface area contributed by atoms with E-state index in [1.54, 1.807) is 12.4 Å². The molecule has 0 spiro atoms. The molecule has 0 saturated carbocycles. The number of hydrogen-bond acceptors (Lipinski definition) is 3. The largest absolute Gasteiger partial charge is 0.421 e. The molecule has 0 saturated heterocycles. The van der Waals surface area contributed by atoms with Crippen molar-refractivity contribution in [3.05, 3.63) is 41.0 Å². The van der Waals surface area contributed by atoms with Gasteiger partial charge in [-0.05, 0) is 26.0 Å². The lowest BCUT2D eigenvalue weighted by Gasteiger charge is -2.08. The number of benzene rings is 1. The van der Waals surface area contributed by atoms with Crippen molar-refractivity contribution >= 4 is 22.0 Å². The lowest BCUT2D eigenvalue weighted by molar-refractivity contribution is 0.567. The molecule has 4 nitrogen and oxygen atoms in total. The molecule has 0 unspecified atom stereocenters. The number of hydrogen-bond donors (Lipinski definition) is 0. The summed E-state index contributed by atoms with van der Waals surface area (Å²) in [4.78, 5) is 15.9. The molecule has 17 heavy (non-hydrogen) atoms. The van der Waals surface area contributed by atoms with E-state index in [0.717, 1.165) is 10.9 Å². The number of imidazole rings is 1. The molecule has 3 rings (SSSR count). The molecular weight excluding hydrogens is 216 g/mol. The number of aromatic nitrogens is 2. The molecule has 0 aliphatic carbocycles. The number of fused-ring (bicyclic) bond motifs is 3. The fourth-order valence-electron chi connectivity index (χ4n) is 2.07. The highest BCUT2D eigenvalue weighted by molar-refractivity contribution is 6.00. The van der Waals surface area contributed by atoms with Gasteiger partial charge in [0.05, 0.1) is 11.8 Å². The Kier molecular flexibility index (Phi) is 2.04. The lowest BCUT2D eigenvalue weighted by atomic mass is 10.2. The predicted molar refractivity (Wildman–Crippen MR) is 66.2 cm³/mol. The summed E-state index contributed by atoms with van der Waals surface area (Å²) in [5.41, 5.74) is 1.48.